The number of benzene rings is 1. The van der Waals surface area contributed by atoms with E-state index in [1.54, 1.807) is 6.07 Å². The molecule has 1 saturated heterocycles. The molecule has 30 heavy (non-hydrogen) atoms. The summed E-state index contributed by atoms with van der Waals surface area (Å²) < 4.78 is 24.6. The van der Waals surface area contributed by atoms with E-state index >= 15 is 0 Å². The van der Waals surface area contributed by atoms with Crippen molar-refractivity contribution in [1.29, 1.82) is 0 Å². The molecule has 9 nitrogen and oxygen atoms in total. The molecule has 1 aromatic carbocycles. The van der Waals surface area contributed by atoms with Crippen LogP contribution in [0, 0.1) is 6.92 Å². The van der Waals surface area contributed by atoms with Gasteiger partial charge in [0.05, 0.1) is 16.3 Å². The predicted molar refractivity (Wildman–Crippen MR) is 117 cm³/mol. The van der Waals surface area contributed by atoms with E-state index in [1.807, 2.05) is 19.9 Å². The first-order valence-corrected chi connectivity index (χ1v) is 11.7. The van der Waals surface area contributed by atoms with Gasteiger partial charge in [0, 0.05) is 43.8 Å². The van der Waals surface area contributed by atoms with Crippen LogP contribution in [0.4, 0.5) is 17.2 Å². The second-order valence-corrected chi connectivity index (χ2v) is 9.59. The number of aryl methyl sites for hydroxylation is 2. The summed E-state index contributed by atoms with van der Waals surface area (Å²) in [6, 6.07) is 5.07. The van der Waals surface area contributed by atoms with Crippen LogP contribution < -0.4 is 16.0 Å². The Bertz CT molecular complexity index is 1060. The van der Waals surface area contributed by atoms with Crippen molar-refractivity contribution in [2.45, 2.75) is 25.2 Å². The first-order valence-electron chi connectivity index (χ1n) is 9.81. The Kier molecular flexibility index (Phi) is 6.27. The number of nitrogens with two attached hydrogens (primary N) is 1. The van der Waals surface area contributed by atoms with Gasteiger partial charge in [0.1, 0.15) is 0 Å². The fourth-order valence-electron chi connectivity index (χ4n) is 3.40. The van der Waals surface area contributed by atoms with Crippen molar-refractivity contribution >= 4 is 32.9 Å². The maximum absolute atomic E-state index is 12.3. The molecule has 0 atom stereocenters. The number of nitrogens with one attached hydrogen (secondary N) is 1. The minimum Gasteiger partial charge on any atom is -0.369 e. The van der Waals surface area contributed by atoms with Gasteiger partial charge in [-0.3, -0.25) is 4.79 Å². The number of anilines is 3. The fourth-order valence-corrected chi connectivity index (χ4v) is 4.08. The van der Waals surface area contributed by atoms with Crippen molar-refractivity contribution in [3.05, 3.63) is 35.3 Å². The van der Waals surface area contributed by atoms with Crippen LogP contribution >= 0.6 is 0 Å². The van der Waals surface area contributed by atoms with Crippen LogP contribution in [0.25, 0.3) is 0 Å². The monoisotopic (exact) mass is 432 g/mol. The minimum absolute atomic E-state index is 0.0309. The molecule has 1 fully saturated rings. The summed E-state index contributed by atoms with van der Waals surface area (Å²) in [5, 5.41) is 3.07. The Morgan fingerprint density at radius 1 is 1.17 bits per heavy atom. The third kappa shape index (κ3) is 4.88. The molecule has 1 aliphatic heterocycles. The number of carbonyl (C=O) groups excluding carboxylic acids is 1. The van der Waals surface area contributed by atoms with E-state index in [0.717, 1.165) is 31.9 Å². The topological polar surface area (TPSA) is 122 Å². The highest BCUT2D eigenvalue weighted by atomic mass is 32.2. The standard InChI is InChI=1S/C20H28N6O3S/c1-5-17-13(2)22-20(18(24-17)19(21)27)23-14-10-15(12-16(11-14)30(4,28)29)26-8-6-25(3)7-9-26/h10-12H,5-9H2,1-4H3,(H2,21,27)(H,22,23). The second-order valence-electron chi connectivity index (χ2n) is 7.57. The first-order chi connectivity index (χ1) is 14.1. The van der Waals surface area contributed by atoms with Crippen molar-refractivity contribution in [1.82, 2.24) is 14.9 Å². The summed E-state index contributed by atoms with van der Waals surface area (Å²) >= 11 is 0. The molecular weight excluding hydrogens is 404 g/mol. The lowest BCUT2D eigenvalue weighted by Gasteiger charge is -2.34. The maximum Gasteiger partial charge on any atom is 0.271 e. The molecule has 0 radical (unpaired) electrons. The number of hydrogen-bond acceptors (Lipinski definition) is 8. The van der Waals surface area contributed by atoms with Crippen LogP contribution in [0.2, 0.25) is 0 Å². The molecule has 2 aromatic rings. The Morgan fingerprint density at radius 3 is 2.40 bits per heavy atom. The summed E-state index contributed by atoms with van der Waals surface area (Å²) in [4.78, 5) is 25.3. The minimum atomic E-state index is -3.44. The summed E-state index contributed by atoms with van der Waals surface area (Å²) in [5.41, 5.74) is 8.22. The highest BCUT2D eigenvalue weighted by Crippen LogP contribution is 2.29. The van der Waals surface area contributed by atoms with Gasteiger partial charge in [0.25, 0.3) is 5.91 Å². The lowest BCUT2D eigenvalue weighted by atomic mass is 10.2. The van der Waals surface area contributed by atoms with Crippen molar-refractivity contribution in [2.75, 3.05) is 49.7 Å². The van der Waals surface area contributed by atoms with Crippen LogP contribution in [0.5, 0.6) is 0 Å². The SMILES string of the molecule is CCc1nc(C(N)=O)c(Nc2cc(N3CCN(C)CC3)cc(S(C)(=O)=O)c2)nc1C. The lowest BCUT2D eigenvalue weighted by molar-refractivity contribution is 0.0996. The number of rotatable bonds is 6. The summed E-state index contributed by atoms with van der Waals surface area (Å²) in [7, 11) is -1.38. The summed E-state index contributed by atoms with van der Waals surface area (Å²) in [6.07, 6.45) is 1.80. The molecule has 3 N–H and O–H groups in total. The van der Waals surface area contributed by atoms with Crippen molar-refractivity contribution in [3.63, 3.8) is 0 Å². The van der Waals surface area contributed by atoms with Crippen molar-refractivity contribution in [3.8, 4) is 0 Å². The number of amides is 1. The van der Waals surface area contributed by atoms with Gasteiger partial charge in [-0.25, -0.2) is 18.4 Å². The van der Waals surface area contributed by atoms with Gasteiger partial charge in [0.15, 0.2) is 21.3 Å². The third-order valence-corrected chi connectivity index (χ3v) is 6.28. The largest absolute Gasteiger partial charge is 0.369 e. The fraction of sp³-hybridized carbons (Fsp3) is 0.450. The Morgan fingerprint density at radius 2 is 1.83 bits per heavy atom. The van der Waals surface area contributed by atoms with Crippen LogP contribution in [0.3, 0.4) is 0 Å². The number of piperazine rings is 1. The molecular formula is C20H28N6O3S. The van der Waals surface area contributed by atoms with Crippen molar-refractivity contribution in [2.24, 2.45) is 5.73 Å². The normalized spacial score (nSPS) is 15.3. The van der Waals surface area contributed by atoms with E-state index in [9.17, 15) is 13.2 Å². The average molecular weight is 433 g/mol. The molecule has 10 heteroatoms. The number of primary amides is 1. The van der Waals surface area contributed by atoms with Gasteiger partial charge in [-0.2, -0.15) is 0 Å². The lowest BCUT2D eigenvalue weighted by Crippen LogP contribution is -2.44. The first kappa shape index (κ1) is 22.0. The van der Waals surface area contributed by atoms with Crippen LogP contribution in [0.15, 0.2) is 23.1 Å². The van der Waals surface area contributed by atoms with Crippen LogP contribution in [0.1, 0.15) is 28.8 Å². The number of likely N-dealkylation sites (N-methyl/N-ethyl adjacent to an activating group) is 1. The number of sulfone groups is 1. The van der Waals surface area contributed by atoms with E-state index in [0.29, 0.717) is 23.5 Å². The van der Waals surface area contributed by atoms with E-state index < -0.39 is 15.7 Å². The number of nitrogens with zero attached hydrogens (tertiary/aromatic N) is 4. The molecule has 1 amide bonds. The van der Waals surface area contributed by atoms with E-state index in [2.05, 4.69) is 32.1 Å². The molecule has 0 aliphatic carbocycles. The Labute approximate surface area is 177 Å². The molecule has 0 spiro atoms. The summed E-state index contributed by atoms with van der Waals surface area (Å²) in [6.45, 7) is 7.10. The number of hydrogen-bond donors (Lipinski definition) is 2. The second kappa shape index (κ2) is 8.57. The van der Waals surface area contributed by atoms with Crippen molar-refractivity contribution < 1.29 is 13.2 Å². The number of carbonyl (C=O) groups is 1. The summed E-state index contributed by atoms with van der Waals surface area (Å²) in [5.74, 6) is -0.481. The van der Waals surface area contributed by atoms with Gasteiger partial charge in [0.2, 0.25) is 0 Å². The maximum atomic E-state index is 12.3. The predicted octanol–water partition coefficient (Wildman–Crippen LogP) is 1.35. The molecule has 0 saturated carbocycles. The smallest absolute Gasteiger partial charge is 0.271 e. The molecule has 0 unspecified atom stereocenters. The molecule has 2 heterocycles. The zero-order chi connectivity index (χ0) is 22.1. The van der Waals surface area contributed by atoms with Gasteiger partial charge in [-0.15, -0.1) is 0 Å². The highest BCUT2D eigenvalue weighted by Gasteiger charge is 2.20. The quantitative estimate of drug-likeness (QED) is 0.701. The van der Waals surface area contributed by atoms with Gasteiger partial charge in [-0.05, 0) is 38.6 Å². The molecule has 1 aliphatic rings. The van der Waals surface area contributed by atoms with Gasteiger partial charge in [-0.1, -0.05) is 6.92 Å². The van der Waals surface area contributed by atoms with Crippen LogP contribution in [-0.4, -0.2) is 68.7 Å². The molecule has 162 valence electrons. The molecule has 1 aromatic heterocycles. The van der Waals surface area contributed by atoms with Gasteiger partial charge < -0.3 is 20.9 Å². The van der Waals surface area contributed by atoms with Crippen LogP contribution in [-0.2, 0) is 16.3 Å². The zero-order valence-corrected chi connectivity index (χ0v) is 18.6. The molecule has 3 rings (SSSR count). The average Bonchev–Trinajstić information content (AvgIpc) is 2.67. The Balaban J connectivity index is 2.05. The third-order valence-electron chi connectivity index (χ3n) is 5.19. The zero-order valence-electron chi connectivity index (χ0n) is 17.8. The molecule has 0 bridgehead atoms. The van der Waals surface area contributed by atoms with E-state index in [4.69, 9.17) is 5.73 Å². The highest BCUT2D eigenvalue weighted by molar-refractivity contribution is 7.90. The van der Waals surface area contributed by atoms with E-state index in [1.165, 1.54) is 12.3 Å². The van der Waals surface area contributed by atoms with E-state index in [-0.39, 0.29) is 16.4 Å². The number of aromatic nitrogens is 2. The van der Waals surface area contributed by atoms with Gasteiger partial charge >= 0.3 is 0 Å². The Hall–Kier alpha value is -2.72.